The van der Waals surface area contributed by atoms with E-state index in [9.17, 15) is 5.11 Å². The van der Waals surface area contributed by atoms with Gasteiger partial charge in [0.05, 0.1) is 5.92 Å². The number of nitrogens with zero attached hydrogens (tertiary/aromatic N) is 1. The molecule has 1 heterocycles. The van der Waals surface area contributed by atoms with Crippen LogP contribution in [0, 0.1) is 5.92 Å². The highest BCUT2D eigenvalue weighted by Crippen LogP contribution is 2.31. The fraction of sp³-hybridized carbons (Fsp3) is 0.333. The molecule has 0 unspecified atom stereocenters. The molecule has 0 spiro atoms. The van der Waals surface area contributed by atoms with Gasteiger partial charge in [-0.1, -0.05) is 67.6 Å². The first-order valence-electron chi connectivity index (χ1n) is 7.47. The number of aliphatic hydroxyl groups excluding tert-OH is 1. The second-order valence-electron chi connectivity index (χ2n) is 6.00. The molecule has 21 heavy (non-hydrogen) atoms. The van der Waals surface area contributed by atoms with Crippen molar-refractivity contribution in [1.29, 1.82) is 0 Å². The van der Waals surface area contributed by atoms with E-state index >= 15 is 0 Å². The van der Waals surface area contributed by atoms with E-state index in [1.807, 2.05) is 43.3 Å². The topological polar surface area (TPSA) is 29.5 Å². The summed E-state index contributed by atoms with van der Waals surface area (Å²) < 4.78 is 0.455. The molecule has 0 bridgehead atoms. The maximum atomic E-state index is 10.1. The van der Waals surface area contributed by atoms with Gasteiger partial charge in [0, 0.05) is 11.1 Å². The molecule has 2 aromatic rings. The van der Waals surface area contributed by atoms with Gasteiger partial charge in [-0.2, -0.15) is 9.48 Å². The Morgan fingerprint density at radius 2 is 1.43 bits per heavy atom. The number of quaternary nitrogens is 1. The third-order valence-corrected chi connectivity index (χ3v) is 4.07. The van der Waals surface area contributed by atoms with E-state index in [4.69, 9.17) is 4.84 Å². The molecule has 0 amide bonds. The van der Waals surface area contributed by atoms with E-state index in [0.717, 1.165) is 19.6 Å². The number of benzene rings is 2. The predicted molar refractivity (Wildman–Crippen MR) is 81.7 cm³/mol. The van der Waals surface area contributed by atoms with E-state index in [-0.39, 0.29) is 5.92 Å². The van der Waals surface area contributed by atoms with Gasteiger partial charge < -0.3 is 5.11 Å². The van der Waals surface area contributed by atoms with Crippen LogP contribution in [0.4, 0.5) is 0 Å². The number of hydrogen-bond donors (Lipinski definition) is 1. The van der Waals surface area contributed by atoms with Gasteiger partial charge >= 0.3 is 0 Å². The van der Waals surface area contributed by atoms with Crippen LogP contribution in [-0.2, 0) is 17.9 Å². The molecule has 1 N–H and O–H groups in total. The number of rotatable bonds is 4. The van der Waals surface area contributed by atoms with E-state index in [1.165, 1.54) is 11.1 Å². The molecule has 1 aliphatic heterocycles. The summed E-state index contributed by atoms with van der Waals surface area (Å²) in [6, 6.07) is 20.7. The van der Waals surface area contributed by atoms with Crippen molar-refractivity contribution in [1.82, 2.24) is 0 Å². The Kier molecular flexibility index (Phi) is 4.06. The SMILES string of the molecule is C[C@H]1C[N+](Cc2ccccc2)(Cc2ccccc2)O[C@@H]1O. The zero-order chi connectivity index (χ0) is 14.7. The van der Waals surface area contributed by atoms with Crippen LogP contribution in [-0.4, -0.2) is 22.6 Å². The zero-order valence-electron chi connectivity index (χ0n) is 12.4. The van der Waals surface area contributed by atoms with Crippen LogP contribution >= 0.6 is 0 Å². The van der Waals surface area contributed by atoms with Crippen molar-refractivity contribution >= 4 is 0 Å². The molecule has 1 saturated heterocycles. The average Bonchev–Trinajstić information content (AvgIpc) is 2.75. The molecule has 3 heteroatoms. The lowest BCUT2D eigenvalue weighted by Crippen LogP contribution is -2.43. The minimum Gasteiger partial charge on any atom is -0.363 e. The molecule has 2 aromatic carbocycles. The highest BCUT2D eigenvalue weighted by molar-refractivity contribution is 5.15. The van der Waals surface area contributed by atoms with Crippen LogP contribution < -0.4 is 0 Å². The second-order valence-corrected chi connectivity index (χ2v) is 6.00. The molecule has 0 radical (unpaired) electrons. The maximum Gasteiger partial charge on any atom is 0.221 e. The Morgan fingerprint density at radius 3 is 1.81 bits per heavy atom. The largest absolute Gasteiger partial charge is 0.363 e. The van der Waals surface area contributed by atoms with Crippen molar-refractivity contribution in [2.75, 3.05) is 6.54 Å². The van der Waals surface area contributed by atoms with E-state index < -0.39 is 6.29 Å². The molecule has 0 saturated carbocycles. The van der Waals surface area contributed by atoms with Crippen molar-refractivity contribution in [3.05, 3.63) is 71.8 Å². The van der Waals surface area contributed by atoms with Crippen LogP contribution in [0.3, 0.4) is 0 Å². The first-order chi connectivity index (χ1) is 10.2. The Labute approximate surface area is 126 Å². The molecular weight excluding hydrogens is 262 g/mol. The van der Waals surface area contributed by atoms with Crippen molar-refractivity contribution in [3.63, 3.8) is 0 Å². The summed E-state index contributed by atoms with van der Waals surface area (Å²) in [5.41, 5.74) is 2.46. The summed E-state index contributed by atoms with van der Waals surface area (Å²) >= 11 is 0. The lowest BCUT2D eigenvalue weighted by Gasteiger charge is -2.31. The van der Waals surface area contributed by atoms with E-state index in [0.29, 0.717) is 4.65 Å². The van der Waals surface area contributed by atoms with Crippen LogP contribution in [0.1, 0.15) is 18.1 Å². The molecule has 0 aromatic heterocycles. The van der Waals surface area contributed by atoms with Crippen LogP contribution in [0.5, 0.6) is 0 Å². The van der Waals surface area contributed by atoms with Gasteiger partial charge in [0.2, 0.25) is 6.29 Å². The van der Waals surface area contributed by atoms with Crippen LogP contribution in [0.15, 0.2) is 60.7 Å². The fourth-order valence-electron chi connectivity index (χ4n) is 3.08. The van der Waals surface area contributed by atoms with Gasteiger partial charge in [-0.05, 0) is 0 Å². The van der Waals surface area contributed by atoms with Crippen LogP contribution in [0.25, 0.3) is 0 Å². The highest BCUT2D eigenvalue weighted by Gasteiger charge is 2.45. The minimum absolute atomic E-state index is 0.150. The highest BCUT2D eigenvalue weighted by atomic mass is 16.8. The lowest BCUT2D eigenvalue weighted by atomic mass is 10.1. The monoisotopic (exact) mass is 284 g/mol. The Hall–Kier alpha value is -1.68. The van der Waals surface area contributed by atoms with Crippen molar-refractivity contribution in [2.45, 2.75) is 26.3 Å². The third-order valence-electron chi connectivity index (χ3n) is 4.07. The molecule has 1 fully saturated rings. The third kappa shape index (κ3) is 3.32. The second kappa shape index (κ2) is 5.98. The van der Waals surface area contributed by atoms with E-state index in [2.05, 4.69) is 24.3 Å². The molecule has 110 valence electrons. The maximum absolute atomic E-state index is 10.1. The van der Waals surface area contributed by atoms with Crippen molar-refractivity contribution < 1.29 is 14.6 Å². The predicted octanol–water partition coefficient (Wildman–Crippen LogP) is 3.10. The summed E-state index contributed by atoms with van der Waals surface area (Å²) in [7, 11) is 0. The average molecular weight is 284 g/mol. The molecular formula is C18H22NO2+. The Bertz CT molecular complexity index is 517. The molecule has 2 atom stereocenters. The smallest absolute Gasteiger partial charge is 0.221 e. The zero-order valence-corrected chi connectivity index (χ0v) is 12.4. The molecule has 1 aliphatic rings. The fourth-order valence-corrected chi connectivity index (χ4v) is 3.08. The standard InChI is InChI=1S/C18H22NO2/c1-15-12-19(21-18(15)20,13-16-8-4-2-5-9-16)14-17-10-6-3-7-11-17/h2-11,15,18,20H,12-14H2,1H3/q+1/t15-,18-/m0/s1. The summed E-state index contributed by atoms with van der Waals surface area (Å²) in [5, 5.41) is 10.1. The summed E-state index contributed by atoms with van der Waals surface area (Å²) in [6.07, 6.45) is -0.683. The lowest BCUT2D eigenvalue weighted by molar-refractivity contribution is -1.12. The number of hydrogen-bond acceptors (Lipinski definition) is 2. The first-order valence-corrected chi connectivity index (χ1v) is 7.47. The van der Waals surface area contributed by atoms with Gasteiger partial charge in [-0.25, -0.2) is 0 Å². The van der Waals surface area contributed by atoms with Gasteiger partial charge in [-0.3, -0.25) is 0 Å². The Balaban J connectivity index is 1.85. The van der Waals surface area contributed by atoms with Gasteiger partial charge in [0.1, 0.15) is 19.6 Å². The number of hydroxylamine groups is 3. The summed E-state index contributed by atoms with van der Waals surface area (Å²) in [5.74, 6) is 0.150. The summed E-state index contributed by atoms with van der Waals surface area (Å²) in [6.45, 7) is 4.42. The molecule has 3 nitrogen and oxygen atoms in total. The first kappa shape index (κ1) is 14.3. The summed E-state index contributed by atoms with van der Waals surface area (Å²) in [4.78, 5) is 5.96. The Morgan fingerprint density at radius 1 is 0.952 bits per heavy atom. The quantitative estimate of drug-likeness (QED) is 0.874. The molecule has 3 rings (SSSR count). The van der Waals surface area contributed by atoms with E-state index in [1.54, 1.807) is 0 Å². The molecule has 0 aliphatic carbocycles. The minimum atomic E-state index is -0.683. The van der Waals surface area contributed by atoms with Crippen molar-refractivity contribution in [3.8, 4) is 0 Å². The number of aliphatic hydroxyl groups is 1. The van der Waals surface area contributed by atoms with Crippen LogP contribution in [0.2, 0.25) is 0 Å². The van der Waals surface area contributed by atoms with Gasteiger partial charge in [0.15, 0.2) is 0 Å². The normalized spacial score (nSPS) is 24.1. The van der Waals surface area contributed by atoms with Gasteiger partial charge in [0.25, 0.3) is 0 Å². The van der Waals surface area contributed by atoms with Gasteiger partial charge in [-0.15, -0.1) is 0 Å². The van der Waals surface area contributed by atoms with Crippen molar-refractivity contribution in [2.24, 2.45) is 5.92 Å².